The first-order chi connectivity index (χ1) is 9.07. The van der Waals surface area contributed by atoms with Crippen LogP contribution in [0, 0.1) is 0 Å². The first kappa shape index (κ1) is 19.1. The van der Waals surface area contributed by atoms with Gasteiger partial charge in [0, 0.05) is 27.2 Å². The molecule has 0 aliphatic heterocycles. The molecule has 8 heteroatoms. The molecule has 0 unspecified atom stereocenters. The summed E-state index contributed by atoms with van der Waals surface area (Å²) in [5.74, 6) is 0.568. The molecule has 0 saturated carbocycles. The number of aliphatic imine (C=N–C) groups is 1. The number of rotatable bonds is 6. The molecule has 114 valence electrons. The zero-order chi connectivity index (χ0) is 14.1. The molecule has 0 radical (unpaired) electrons. The van der Waals surface area contributed by atoms with Crippen molar-refractivity contribution in [1.82, 2.24) is 15.4 Å². The van der Waals surface area contributed by atoms with E-state index in [1.54, 1.807) is 14.1 Å². The molecule has 0 aliphatic carbocycles. The Balaban J connectivity index is 0.00000361. The van der Waals surface area contributed by atoms with E-state index < -0.39 is 10.0 Å². The lowest BCUT2D eigenvalue weighted by Crippen LogP contribution is -2.39. The summed E-state index contributed by atoms with van der Waals surface area (Å²) in [5, 5.41) is 5.71. The quantitative estimate of drug-likeness (QED) is 0.362. The highest BCUT2D eigenvalue weighted by atomic mass is 127. The van der Waals surface area contributed by atoms with Gasteiger partial charge in [0.05, 0.1) is 5.75 Å². The lowest BCUT2D eigenvalue weighted by Gasteiger charge is -2.09. The normalized spacial score (nSPS) is 11.6. The SMILES string of the molecule is CN=C(NC)NCCS(=O)(=O)NCc1ccccc1.I. The Kier molecular flexibility index (Phi) is 9.51. The molecular weight excluding hydrogens is 391 g/mol. The predicted molar refractivity (Wildman–Crippen MR) is 92.9 cm³/mol. The maximum Gasteiger partial charge on any atom is 0.213 e. The van der Waals surface area contributed by atoms with Crippen molar-refractivity contribution in [3.8, 4) is 0 Å². The standard InChI is InChI=1S/C12H20N4O2S.HI/c1-13-12(14-2)15-8-9-19(17,18)16-10-11-6-4-3-5-7-11;/h3-7,16H,8-10H2,1-2H3,(H2,13,14,15);1H. The first-order valence-corrected chi connectivity index (χ1v) is 7.62. The second-order valence-corrected chi connectivity index (χ2v) is 5.80. The molecule has 0 atom stereocenters. The lowest BCUT2D eigenvalue weighted by molar-refractivity contribution is 0.580. The van der Waals surface area contributed by atoms with Gasteiger partial charge in [0.25, 0.3) is 0 Å². The lowest BCUT2D eigenvalue weighted by atomic mass is 10.2. The minimum Gasteiger partial charge on any atom is -0.359 e. The largest absolute Gasteiger partial charge is 0.359 e. The van der Waals surface area contributed by atoms with Crippen molar-refractivity contribution in [2.24, 2.45) is 4.99 Å². The van der Waals surface area contributed by atoms with Crippen molar-refractivity contribution in [3.05, 3.63) is 35.9 Å². The van der Waals surface area contributed by atoms with Crippen LogP contribution in [-0.4, -0.2) is 40.8 Å². The van der Waals surface area contributed by atoms with Gasteiger partial charge in [0.2, 0.25) is 10.0 Å². The number of nitrogens with one attached hydrogen (secondary N) is 3. The summed E-state index contributed by atoms with van der Waals surface area (Å²) in [6.45, 7) is 0.613. The van der Waals surface area contributed by atoms with E-state index >= 15 is 0 Å². The van der Waals surface area contributed by atoms with Gasteiger partial charge >= 0.3 is 0 Å². The summed E-state index contributed by atoms with van der Waals surface area (Å²) in [5.41, 5.74) is 0.935. The number of nitrogens with zero attached hydrogens (tertiary/aromatic N) is 1. The van der Waals surface area contributed by atoms with E-state index in [-0.39, 0.29) is 29.7 Å². The van der Waals surface area contributed by atoms with E-state index in [0.717, 1.165) is 5.56 Å². The molecule has 20 heavy (non-hydrogen) atoms. The average molecular weight is 412 g/mol. The molecule has 1 rings (SSSR count). The second kappa shape index (κ2) is 9.94. The monoisotopic (exact) mass is 412 g/mol. The predicted octanol–water partition coefficient (Wildman–Crippen LogP) is 0.519. The molecule has 0 aromatic heterocycles. The topological polar surface area (TPSA) is 82.6 Å². The van der Waals surface area contributed by atoms with E-state index in [1.165, 1.54) is 0 Å². The molecule has 1 aromatic rings. The third-order valence-corrected chi connectivity index (χ3v) is 3.79. The van der Waals surface area contributed by atoms with E-state index in [1.807, 2.05) is 30.3 Å². The molecule has 0 saturated heterocycles. The molecule has 1 aromatic carbocycles. The Morgan fingerprint density at radius 3 is 2.45 bits per heavy atom. The molecule has 0 heterocycles. The minimum absolute atomic E-state index is 0. The molecule has 0 spiro atoms. The smallest absolute Gasteiger partial charge is 0.213 e. The summed E-state index contributed by atoms with van der Waals surface area (Å²) < 4.78 is 26.1. The summed E-state index contributed by atoms with van der Waals surface area (Å²) in [7, 11) is 0.0585. The van der Waals surface area contributed by atoms with Gasteiger partial charge in [-0.3, -0.25) is 4.99 Å². The summed E-state index contributed by atoms with van der Waals surface area (Å²) in [4.78, 5) is 3.90. The third kappa shape index (κ3) is 7.65. The number of halogens is 1. The number of hydrogen-bond acceptors (Lipinski definition) is 3. The Labute approximate surface area is 137 Å². The van der Waals surface area contributed by atoms with E-state index in [2.05, 4.69) is 20.3 Å². The Bertz CT molecular complexity index is 505. The number of sulfonamides is 1. The van der Waals surface area contributed by atoms with Crippen molar-refractivity contribution in [3.63, 3.8) is 0 Å². The maximum atomic E-state index is 11.8. The summed E-state index contributed by atoms with van der Waals surface area (Å²) >= 11 is 0. The van der Waals surface area contributed by atoms with Crippen LogP contribution in [0.1, 0.15) is 5.56 Å². The second-order valence-electron chi connectivity index (χ2n) is 3.87. The van der Waals surface area contributed by atoms with Gasteiger partial charge in [-0.15, -0.1) is 24.0 Å². The first-order valence-electron chi connectivity index (χ1n) is 5.97. The average Bonchev–Trinajstić information content (AvgIpc) is 2.43. The van der Waals surface area contributed by atoms with Crippen molar-refractivity contribution < 1.29 is 8.42 Å². The fourth-order valence-electron chi connectivity index (χ4n) is 1.44. The summed E-state index contributed by atoms with van der Waals surface area (Å²) in [6, 6.07) is 9.41. The molecular formula is C12H21IN4O2S. The van der Waals surface area contributed by atoms with Crippen molar-refractivity contribution >= 4 is 40.0 Å². The van der Waals surface area contributed by atoms with Gasteiger partial charge in [-0.1, -0.05) is 30.3 Å². The van der Waals surface area contributed by atoms with Crippen LogP contribution in [-0.2, 0) is 16.6 Å². The fraction of sp³-hybridized carbons (Fsp3) is 0.417. The Morgan fingerprint density at radius 1 is 1.25 bits per heavy atom. The van der Waals surface area contributed by atoms with Gasteiger partial charge in [-0.25, -0.2) is 13.1 Å². The maximum absolute atomic E-state index is 11.8. The molecule has 0 bridgehead atoms. The highest BCUT2D eigenvalue weighted by Gasteiger charge is 2.09. The number of guanidine groups is 1. The fourth-order valence-corrected chi connectivity index (χ4v) is 2.35. The van der Waals surface area contributed by atoms with Gasteiger partial charge in [0.15, 0.2) is 5.96 Å². The van der Waals surface area contributed by atoms with Gasteiger partial charge in [-0.05, 0) is 5.56 Å². The van der Waals surface area contributed by atoms with Crippen LogP contribution in [0.4, 0.5) is 0 Å². The molecule has 0 fully saturated rings. The van der Waals surface area contributed by atoms with Crippen LogP contribution >= 0.6 is 24.0 Å². The highest BCUT2D eigenvalue weighted by molar-refractivity contribution is 14.0. The third-order valence-electron chi connectivity index (χ3n) is 2.46. The van der Waals surface area contributed by atoms with Crippen LogP contribution in [0.15, 0.2) is 35.3 Å². The van der Waals surface area contributed by atoms with Gasteiger partial charge in [0.1, 0.15) is 0 Å². The number of hydrogen-bond donors (Lipinski definition) is 3. The molecule has 0 aliphatic rings. The Hall–Kier alpha value is -0.870. The number of benzene rings is 1. The van der Waals surface area contributed by atoms with E-state index in [9.17, 15) is 8.42 Å². The van der Waals surface area contributed by atoms with Crippen LogP contribution in [0.25, 0.3) is 0 Å². The van der Waals surface area contributed by atoms with E-state index in [0.29, 0.717) is 19.0 Å². The minimum atomic E-state index is -3.29. The van der Waals surface area contributed by atoms with Crippen molar-refractivity contribution in [2.45, 2.75) is 6.54 Å². The zero-order valence-electron chi connectivity index (χ0n) is 11.6. The molecule has 0 amide bonds. The molecule has 3 N–H and O–H groups in total. The molecule has 6 nitrogen and oxygen atoms in total. The Morgan fingerprint density at radius 2 is 1.90 bits per heavy atom. The van der Waals surface area contributed by atoms with Crippen molar-refractivity contribution in [1.29, 1.82) is 0 Å². The van der Waals surface area contributed by atoms with Crippen LogP contribution < -0.4 is 15.4 Å². The van der Waals surface area contributed by atoms with Gasteiger partial charge in [-0.2, -0.15) is 0 Å². The summed E-state index contributed by atoms with van der Waals surface area (Å²) in [6.07, 6.45) is 0. The van der Waals surface area contributed by atoms with E-state index in [4.69, 9.17) is 0 Å². The van der Waals surface area contributed by atoms with Crippen LogP contribution in [0.3, 0.4) is 0 Å². The van der Waals surface area contributed by atoms with Gasteiger partial charge < -0.3 is 10.6 Å². The zero-order valence-corrected chi connectivity index (χ0v) is 14.7. The van der Waals surface area contributed by atoms with Crippen LogP contribution in [0.2, 0.25) is 0 Å². The highest BCUT2D eigenvalue weighted by Crippen LogP contribution is 1.98. The van der Waals surface area contributed by atoms with Crippen molar-refractivity contribution in [2.75, 3.05) is 26.4 Å². The van der Waals surface area contributed by atoms with Crippen LogP contribution in [0.5, 0.6) is 0 Å².